The van der Waals surface area contributed by atoms with Crippen molar-refractivity contribution in [2.75, 3.05) is 6.54 Å². The molecule has 26 heavy (non-hydrogen) atoms. The molecule has 0 aliphatic carbocycles. The number of thiophene rings is 1. The van der Waals surface area contributed by atoms with Gasteiger partial charge < -0.3 is 10.1 Å². The van der Waals surface area contributed by atoms with Gasteiger partial charge in [-0.1, -0.05) is 24.3 Å². The fourth-order valence-corrected chi connectivity index (χ4v) is 3.30. The second kappa shape index (κ2) is 8.10. The lowest BCUT2D eigenvalue weighted by Crippen LogP contribution is -2.27. The van der Waals surface area contributed by atoms with Crippen molar-refractivity contribution in [1.29, 1.82) is 0 Å². The Bertz CT molecular complexity index is 920. The molecule has 0 saturated carbocycles. The van der Waals surface area contributed by atoms with Crippen LogP contribution in [0, 0.1) is 0 Å². The monoisotopic (exact) mass is 368 g/mol. The van der Waals surface area contributed by atoms with Gasteiger partial charge in [0.15, 0.2) is 0 Å². The highest BCUT2D eigenvalue weighted by Gasteiger charge is 2.15. The van der Waals surface area contributed by atoms with E-state index in [0.717, 1.165) is 21.5 Å². The molecule has 0 radical (unpaired) electrons. The summed E-state index contributed by atoms with van der Waals surface area (Å²) >= 11 is 1.58. The van der Waals surface area contributed by atoms with Crippen LogP contribution in [0.2, 0.25) is 0 Å². The molecule has 0 aliphatic rings. The molecule has 134 valence electrons. The molecule has 2 heterocycles. The summed E-state index contributed by atoms with van der Waals surface area (Å²) in [7, 11) is 0. The van der Waals surface area contributed by atoms with Gasteiger partial charge in [0, 0.05) is 11.9 Å². The minimum atomic E-state index is -0.320. The van der Waals surface area contributed by atoms with Gasteiger partial charge in [-0.2, -0.15) is 0 Å². The molecular formula is C20H20N2O3S. The molecule has 0 atom stereocenters. The second-order valence-corrected chi connectivity index (χ2v) is 7.04. The number of benzene rings is 1. The van der Waals surface area contributed by atoms with Crippen LogP contribution < -0.4 is 5.32 Å². The quantitative estimate of drug-likeness (QED) is 0.667. The van der Waals surface area contributed by atoms with E-state index in [0.29, 0.717) is 5.56 Å². The molecular weight excluding hydrogens is 348 g/mol. The minimum absolute atomic E-state index is 0.144. The van der Waals surface area contributed by atoms with E-state index in [2.05, 4.69) is 10.3 Å². The largest absolute Gasteiger partial charge is 0.463 e. The molecule has 0 aliphatic heterocycles. The van der Waals surface area contributed by atoms with Crippen molar-refractivity contribution in [2.45, 2.75) is 26.4 Å². The summed E-state index contributed by atoms with van der Waals surface area (Å²) in [5, 5.41) is 5.57. The Kier molecular flexibility index (Phi) is 5.63. The molecule has 0 spiro atoms. The maximum Gasteiger partial charge on any atom is 0.307 e. The lowest BCUT2D eigenvalue weighted by atomic mass is 10.1. The molecule has 1 amide bonds. The van der Waals surface area contributed by atoms with Crippen molar-refractivity contribution in [1.82, 2.24) is 10.3 Å². The predicted molar refractivity (Wildman–Crippen MR) is 103 cm³/mol. The molecule has 1 N–H and O–H groups in total. The van der Waals surface area contributed by atoms with Gasteiger partial charge in [-0.15, -0.1) is 11.3 Å². The van der Waals surface area contributed by atoms with E-state index in [1.807, 2.05) is 41.8 Å². The van der Waals surface area contributed by atoms with Crippen LogP contribution >= 0.6 is 11.3 Å². The highest BCUT2D eigenvalue weighted by Crippen LogP contribution is 2.27. The normalized spacial score (nSPS) is 10.9. The molecule has 0 unspecified atom stereocenters. The van der Waals surface area contributed by atoms with Crippen LogP contribution in [-0.4, -0.2) is 29.5 Å². The summed E-state index contributed by atoms with van der Waals surface area (Å²) in [5.41, 5.74) is 2.09. The third kappa shape index (κ3) is 4.26. The van der Waals surface area contributed by atoms with E-state index >= 15 is 0 Å². The van der Waals surface area contributed by atoms with Crippen LogP contribution in [-0.2, 0) is 9.53 Å². The highest BCUT2D eigenvalue weighted by molar-refractivity contribution is 7.13. The summed E-state index contributed by atoms with van der Waals surface area (Å²) in [5.74, 6) is -0.544. The van der Waals surface area contributed by atoms with Crippen LogP contribution in [0.1, 0.15) is 30.6 Å². The Morgan fingerprint density at radius 3 is 2.73 bits per heavy atom. The van der Waals surface area contributed by atoms with E-state index in [1.54, 1.807) is 31.3 Å². The molecule has 0 bridgehead atoms. The van der Waals surface area contributed by atoms with Crippen LogP contribution in [0.5, 0.6) is 0 Å². The number of hydrogen-bond donors (Lipinski definition) is 1. The van der Waals surface area contributed by atoms with Crippen molar-refractivity contribution in [3.8, 4) is 10.6 Å². The van der Waals surface area contributed by atoms with Crippen molar-refractivity contribution in [3.63, 3.8) is 0 Å². The molecule has 6 heteroatoms. The summed E-state index contributed by atoms with van der Waals surface area (Å²) in [6, 6.07) is 13.3. The van der Waals surface area contributed by atoms with E-state index in [4.69, 9.17) is 4.74 Å². The van der Waals surface area contributed by atoms with Crippen LogP contribution in [0.25, 0.3) is 21.5 Å². The zero-order valence-corrected chi connectivity index (χ0v) is 15.5. The molecule has 3 aromatic rings. The Labute approximate surface area is 156 Å². The van der Waals surface area contributed by atoms with Gasteiger partial charge in [0.2, 0.25) is 0 Å². The Morgan fingerprint density at radius 2 is 2.00 bits per heavy atom. The lowest BCUT2D eigenvalue weighted by Gasteiger charge is -2.11. The van der Waals surface area contributed by atoms with Crippen LogP contribution in [0.4, 0.5) is 0 Å². The third-order valence-electron chi connectivity index (χ3n) is 3.72. The molecule has 5 nitrogen and oxygen atoms in total. The van der Waals surface area contributed by atoms with Gasteiger partial charge >= 0.3 is 5.97 Å². The molecule has 3 rings (SSSR count). The van der Waals surface area contributed by atoms with Gasteiger partial charge in [0.25, 0.3) is 5.91 Å². The van der Waals surface area contributed by atoms with Crippen molar-refractivity contribution >= 4 is 34.1 Å². The number of aromatic nitrogens is 1. The van der Waals surface area contributed by atoms with Crippen LogP contribution in [0.15, 0.2) is 47.8 Å². The second-order valence-electron chi connectivity index (χ2n) is 6.09. The standard InChI is InChI=1S/C20H20N2O3S/c1-13(2)25-19(23)9-10-21-20(24)15-12-17(18-8-5-11-26-18)22-16-7-4-3-6-14(15)16/h3-8,11-13H,9-10H2,1-2H3,(H,21,24). The fraction of sp³-hybridized carbons (Fsp3) is 0.250. The highest BCUT2D eigenvalue weighted by atomic mass is 32.1. The topological polar surface area (TPSA) is 68.3 Å². The number of nitrogens with one attached hydrogen (secondary N) is 1. The zero-order valence-electron chi connectivity index (χ0n) is 14.7. The molecule has 1 aromatic carbocycles. The first-order valence-corrected chi connectivity index (χ1v) is 9.34. The number of nitrogens with zero attached hydrogens (tertiary/aromatic N) is 1. The Hall–Kier alpha value is -2.73. The number of hydrogen-bond acceptors (Lipinski definition) is 5. The predicted octanol–water partition coefficient (Wildman–Crippen LogP) is 4.03. The number of amides is 1. The molecule has 0 fully saturated rings. The first-order chi connectivity index (χ1) is 12.5. The number of para-hydroxylation sites is 1. The van der Waals surface area contributed by atoms with E-state index in [9.17, 15) is 9.59 Å². The number of rotatable bonds is 6. The first-order valence-electron chi connectivity index (χ1n) is 8.46. The van der Waals surface area contributed by atoms with Gasteiger partial charge in [-0.3, -0.25) is 9.59 Å². The summed E-state index contributed by atoms with van der Waals surface area (Å²) in [6.07, 6.45) is -0.0132. The Morgan fingerprint density at radius 1 is 1.19 bits per heavy atom. The van der Waals surface area contributed by atoms with Gasteiger partial charge in [0.1, 0.15) is 0 Å². The fourth-order valence-electron chi connectivity index (χ4n) is 2.61. The average Bonchev–Trinajstić information content (AvgIpc) is 3.14. The molecule has 0 saturated heterocycles. The zero-order chi connectivity index (χ0) is 18.5. The smallest absolute Gasteiger partial charge is 0.307 e. The van der Waals surface area contributed by atoms with Crippen LogP contribution in [0.3, 0.4) is 0 Å². The number of fused-ring (bicyclic) bond motifs is 1. The first kappa shape index (κ1) is 18.1. The minimum Gasteiger partial charge on any atom is -0.463 e. The van der Waals surface area contributed by atoms with Gasteiger partial charge in [0.05, 0.1) is 34.2 Å². The summed E-state index contributed by atoms with van der Waals surface area (Å²) < 4.78 is 5.08. The van der Waals surface area contributed by atoms with E-state index in [-0.39, 0.29) is 30.9 Å². The van der Waals surface area contributed by atoms with Gasteiger partial charge in [-0.05, 0) is 37.4 Å². The van der Waals surface area contributed by atoms with Crippen molar-refractivity contribution in [3.05, 3.63) is 53.4 Å². The number of carbonyl (C=O) groups is 2. The maximum atomic E-state index is 12.7. The average molecular weight is 368 g/mol. The summed E-state index contributed by atoms with van der Waals surface area (Å²) in [6.45, 7) is 3.83. The van der Waals surface area contributed by atoms with Crippen molar-refractivity contribution < 1.29 is 14.3 Å². The van der Waals surface area contributed by atoms with E-state index in [1.165, 1.54) is 0 Å². The van der Waals surface area contributed by atoms with Crippen molar-refractivity contribution in [2.24, 2.45) is 0 Å². The SMILES string of the molecule is CC(C)OC(=O)CCNC(=O)c1cc(-c2cccs2)nc2ccccc12. The third-order valence-corrected chi connectivity index (χ3v) is 4.61. The van der Waals surface area contributed by atoms with Gasteiger partial charge in [-0.25, -0.2) is 4.98 Å². The van der Waals surface area contributed by atoms with E-state index < -0.39 is 0 Å². The Balaban J connectivity index is 1.81. The summed E-state index contributed by atoms with van der Waals surface area (Å²) in [4.78, 5) is 30.0. The molecule has 2 aromatic heterocycles. The number of esters is 1. The maximum absolute atomic E-state index is 12.7. The number of ether oxygens (including phenoxy) is 1. The lowest BCUT2D eigenvalue weighted by molar-refractivity contribution is -0.147. The number of carbonyl (C=O) groups excluding carboxylic acids is 2. The number of pyridine rings is 1.